The number of aromatic nitrogens is 1. The molecule has 1 atom stereocenters. The standard InChI is InChI=1S/C19H24N4O2S/c1-12-6-4-7-16(13(12)2)22-19(25)23-9-5-8-17(23)18(24)20-10-15-11-26-14(3)21-15/h4,6-7,11,17H,5,8-10H2,1-3H3,(H,20,24)(H,22,25). The van der Waals surface area contributed by atoms with Crippen LogP contribution in [0.15, 0.2) is 23.6 Å². The van der Waals surface area contributed by atoms with Gasteiger partial charge in [-0.15, -0.1) is 11.3 Å². The van der Waals surface area contributed by atoms with Gasteiger partial charge in [-0.25, -0.2) is 9.78 Å². The number of nitrogens with one attached hydrogen (secondary N) is 2. The van der Waals surface area contributed by atoms with E-state index in [0.29, 0.717) is 19.5 Å². The molecule has 0 spiro atoms. The van der Waals surface area contributed by atoms with Crippen molar-refractivity contribution in [3.63, 3.8) is 0 Å². The largest absolute Gasteiger partial charge is 0.349 e. The quantitative estimate of drug-likeness (QED) is 0.864. The van der Waals surface area contributed by atoms with Gasteiger partial charge in [0.15, 0.2) is 0 Å². The molecule has 26 heavy (non-hydrogen) atoms. The van der Waals surface area contributed by atoms with Crippen LogP contribution in [0.4, 0.5) is 10.5 Å². The number of carbonyl (C=O) groups is 2. The third-order valence-corrected chi connectivity index (χ3v) is 5.60. The molecule has 0 bridgehead atoms. The molecule has 2 aromatic rings. The molecule has 138 valence electrons. The molecule has 6 nitrogen and oxygen atoms in total. The van der Waals surface area contributed by atoms with Gasteiger partial charge in [0.1, 0.15) is 6.04 Å². The predicted molar refractivity (Wildman–Crippen MR) is 103 cm³/mol. The van der Waals surface area contributed by atoms with Gasteiger partial charge in [-0.1, -0.05) is 12.1 Å². The highest BCUT2D eigenvalue weighted by molar-refractivity contribution is 7.09. The Bertz CT molecular complexity index is 818. The van der Waals surface area contributed by atoms with E-state index in [0.717, 1.165) is 33.9 Å². The van der Waals surface area contributed by atoms with E-state index in [1.54, 1.807) is 16.2 Å². The normalized spacial score (nSPS) is 16.6. The number of benzene rings is 1. The molecule has 1 aliphatic rings. The molecule has 1 unspecified atom stereocenters. The summed E-state index contributed by atoms with van der Waals surface area (Å²) in [5.41, 5.74) is 3.81. The van der Waals surface area contributed by atoms with E-state index in [9.17, 15) is 9.59 Å². The molecule has 2 N–H and O–H groups in total. The third kappa shape index (κ3) is 4.04. The van der Waals surface area contributed by atoms with Gasteiger partial charge in [-0.05, 0) is 50.8 Å². The van der Waals surface area contributed by atoms with Crippen LogP contribution in [0.3, 0.4) is 0 Å². The maximum absolute atomic E-state index is 12.7. The maximum atomic E-state index is 12.7. The zero-order chi connectivity index (χ0) is 18.7. The van der Waals surface area contributed by atoms with Crippen LogP contribution < -0.4 is 10.6 Å². The van der Waals surface area contributed by atoms with E-state index in [1.807, 2.05) is 44.4 Å². The van der Waals surface area contributed by atoms with Crippen molar-refractivity contribution in [3.05, 3.63) is 45.4 Å². The van der Waals surface area contributed by atoms with Crippen molar-refractivity contribution in [2.45, 2.75) is 46.2 Å². The fourth-order valence-electron chi connectivity index (χ4n) is 3.14. The minimum absolute atomic E-state index is 0.121. The molecule has 1 fully saturated rings. The molecule has 2 heterocycles. The molecule has 1 aliphatic heterocycles. The van der Waals surface area contributed by atoms with E-state index in [-0.39, 0.29) is 11.9 Å². The Morgan fingerprint density at radius 2 is 2.12 bits per heavy atom. The topological polar surface area (TPSA) is 74.3 Å². The van der Waals surface area contributed by atoms with Gasteiger partial charge in [0.25, 0.3) is 0 Å². The van der Waals surface area contributed by atoms with E-state index in [2.05, 4.69) is 15.6 Å². The highest BCUT2D eigenvalue weighted by Crippen LogP contribution is 2.22. The fourth-order valence-corrected chi connectivity index (χ4v) is 3.75. The summed E-state index contributed by atoms with van der Waals surface area (Å²) >= 11 is 1.56. The molecule has 0 radical (unpaired) electrons. The summed E-state index contributed by atoms with van der Waals surface area (Å²) in [4.78, 5) is 31.2. The molecule has 1 aromatic carbocycles. The van der Waals surface area contributed by atoms with Gasteiger partial charge in [-0.2, -0.15) is 0 Å². The molecule has 3 amide bonds. The molecule has 0 saturated carbocycles. The van der Waals surface area contributed by atoms with Crippen LogP contribution in [0.25, 0.3) is 0 Å². The number of aryl methyl sites for hydroxylation is 2. The van der Waals surface area contributed by atoms with E-state index >= 15 is 0 Å². The zero-order valence-electron chi connectivity index (χ0n) is 15.3. The Balaban J connectivity index is 1.62. The fraction of sp³-hybridized carbons (Fsp3) is 0.421. The zero-order valence-corrected chi connectivity index (χ0v) is 16.2. The number of likely N-dealkylation sites (tertiary alicyclic amines) is 1. The number of thiazole rings is 1. The van der Waals surface area contributed by atoms with Crippen molar-refractivity contribution in [1.82, 2.24) is 15.2 Å². The Kier molecular flexibility index (Phi) is 5.56. The second kappa shape index (κ2) is 7.86. The lowest BCUT2D eigenvalue weighted by Crippen LogP contribution is -2.47. The number of anilines is 1. The molecule has 1 saturated heterocycles. The van der Waals surface area contributed by atoms with Gasteiger partial charge >= 0.3 is 6.03 Å². The average molecular weight is 372 g/mol. The van der Waals surface area contributed by atoms with E-state index in [1.165, 1.54) is 0 Å². The first-order valence-corrected chi connectivity index (χ1v) is 9.66. The maximum Gasteiger partial charge on any atom is 0.322 e. The lowest BCUT2D eigenvalue weighted by atomic mass is 10.1. The van der Waals surface area contributed by atoms with Gasteiger partial charge in [0, 0.05) is 17.6 Å². The first-order valence-electron chi connectivity index (χ1n) is 8.78. The lowest BCUT2D eigenvalue weighted by molar-refractivity contribution is -0.124. The smallest absolute Gasteiger partial charge is 0.322 e. The number of carbonyl (C=O) groups excluding carboxylic acids is 2. The van der Waals surface area contributed by atoms with E-state index in [4.69, 9.17) is 0 Å². The minimum atomic E-state index is -0.431. The summed E-state index contributed by atoms with van der Waals surface area (Å²) in [6.45, 7) is 6.91. The lowest BCUT2D eigenvalue weighted by Gasteiger charge is -2.24. The number of hydrogen-bond acceptors (Lipinski definition) is 4. The van der Waals surface area contributed by atoms with Crippen LogP contribution >= 0.6 is 11.3 Å². The van der Waals surface area contributed by atoms with Crippen LogP contribution in [0.5, 0.6) is 0 Å². The first kappa shape index (κ1) is 18.4. The second-order valence-corrected chi connectivity index (χ2v) is 7.67. The SMILES string of the molecule is Cc1nc(CNC(=O)C2CCCN2C(=O)Nc2cccc(C)c2C)cs1. The van der Waals surface area contributed by atoms with Gasteiger partial charge < -0.3 is 15.5 Å². The van der Waals surface area contributed by atoms with Crippen LogP contribution in [-0.2, 0) is 11.3 Å². The predicted octanol–water partition coefficient (Wildman–Crippen LogP) is 3.38. The number of nitrogens with zero attached hydrogens (tertiary/aromatic N) is 2. The van der Waals surface area contributed by atoms with Crippen LogP contribution in [-0.4, -0.2) is 34.4 Å². The first-order chi connectivity index (χ1) is 12.5. The summed E-state index contributed by atoms with van der Waals surface area (Å²) in [7, 11) is 0. The number of hydrogen-bond donors (Lipinski definition) is 2. The summed E-state index contributed by atoms with van der Waals surface area (Å²) in [5.74, 6) is -0.121. The third-order valence-electron chi connectivity index (χ3n) is 4.77. The molecule has 1 aromatic heterocycles. The second-order valence-electron chi connectivity index (χ2n) is 6.60. The van der Waals surface area contributed by atoms with Crippen molar-refractivity contribution in [2.24, 2.45) is 0 Å². The Morgan fingerprint density at radius 3 is 2.85 bits per heavy atom. The van der Waals surface area contributed by atoms with Crippen LogP contribution in [0.2, 0.25) is 0 Å². The van der Waals surface area contributed by atoms with Crippen molar-refractivity contribution in [3.8, 4) is 0 Å². The summed E-state index contributed by atoms with van der Waals surface area (Å²) in [6.07, 6.45) is 1.51. The molecular formula is C19H24N4O2S. The van der Waals surface area contributed by atoms with Crippen LogP contribution in [0, 0.1) is 20.8 Å². The van der Waals surface area contributed by atoms with Gasteiger partial charge in [-0.3, -0.25) is 4.79 Å². The van der Waals surface area contributed by atoms with E-state index < -0.39 is 6.04 Å². The number of rotatable bonds is 4. The molecule has 3 rings (SSSR count). The summed E-state index contributed by atoms with van der Waals surface area (Å²) in [6, 6.07) is 5.16. The number of urea groups is 1. The van der Waals surface area contributed by atoms with Crippen molar-refractivity contribution < 1.29 is 9.59 Å². The molecule has 7 heteroatoms. The Morgan fingerprint density at radius 1 is 1.31 bits per heavy atom. The van der Waals surface area contributed by atoms with Gasteiger partial charge in [0.2, 0.25) is 5.91 Å². The van der Waals surface area contributed by atoms with Crippen molar-refractivity contribution in [1.29, 1.82) is 0 Å². The van der Waals surface area contributed by atoms with Crippen molar-refractivity contribution >= 4 is 29.0 Å². The van der Waals surface area contributed by atoms with Gasteiger partial charge in [0.05, 0.1) is 17.2 Å². The van der Waals surface area contributed by atoms with Crippen LogP contribution in [0.1, 0.15) is 34.7 Å². The highest BCUT2D eigenvalue weighted by Gasteiger charge is 2.34. The van der Waals surface area contributed by atoms with Crippen molar-refractivity contribution in [2.75, 3.05) is 11.9 Å². The Labute approximate surface area is 157 Å². The Hall–Kier alpha value is -2.41. The number of amides is 3. The minimum Gasteiger partial charge on any atom is -0.349 e. The monoisotopic (exact) mass is 372 g/mol. The summed E-state index contributed by atoms with van der Waals surface area (Å²) in [5, 5.41) is 8.77. The molecule has 0 aliphatic carbocycles. The highest BCUT2D eigenvalue weighted by atomic mass is 32.1. The molecular weight excluding hydrogens is 348 g/mol. The summed E-state index contributed by atoms with van der Waals surface area (Å²) < 4.78 is 0. The average Bonchev–Trinajstić information content (AvgIpc) is 3.26.